The van der Waals surface area contributed by atoms with E-state index in [0.29, 0.717) is 0 Å². The molecule has 3 atom stereocenters. The van der Waals surface area contributed by atoms with Crippen molar-refractivity contribution in [1.82, 2.24) is 0 Å². The summed E-state index contributed by atoms with van der Waals surface area (Å²) in [5.74, 6) is -0.647. The Kier molecular flexibility index (Phi) is 9.05. The van der Waals surface area contributed by atoms with Crippen LogP contribution in [0.25, 0.3) is 0 Å². The minimum Gasteiger partial charge on any atom is -0.396 e. The fourth-order valence-electron chi connectivity index (χ4n) is 2.97. The highest BCUT2D eigenvalue weighted by Crippen LogP contribution is 2.35. The van der Waals surface area contributed by atoms with Crippen LogP contribution in [0.1, 0.15) is 58.8 Å². The average Bonchev–Trinajstić information content (AvgIpc) is 2.46. The van der Waals surface area contributed by atoms with Crippen LogP contribution < -0.4 is 0 Å². The van der Waals surface area contributed by atoms with E-state index < -0.39 is 14.8 Å². The molecule has 0 aromatic carbocycles. The maximum absolute atomic E-state index is 9.82. The van der Waals surface area contributed by atoms with Crippen molar-refractivity contribution in [3.63, 3.8) is 0 Å². The van der Waals surface area contributed by atoms with Crippen molar-refractivity contribution in [3.8, 4) is 0 Å². The second kappa shape index (κ2) is 9.95. The van der Waals surface area contributed by atoms with Gasteiger partial charge in [0, 0.05) is 18.9 Å². The first-order chi connectivity index (χ1) is 10.1. The molecule has 1 N–H and O–H groups in total. The lowest BCUT2D eigenvalue weighted by molar-refractivity contribution is -0.315. The van der Waals surface area contributed by atoms with Gasteiger partial charge in [-0.15, -0.1) is 0 Å². The van der Waals surface area contributed by atoms with Gasteiger partial charge in [-0.3, -0.25) is 0 Å². The highest BCUT2D eigenvalue weighted by atomic mass is 28.3. The van der Waals surface area contributed by atoms with Gasteiger partial charge in [-0.2, -0.15) is 0 Å². The van der Waals surface area contributed by atoms with E-state index >= 15 is 0 Å². The molecule has 0 aromatic rings. The molecule has 5 heteroatoms. The van der Waals surface area contributed by atoms with Crippen molar-refractivity contribution in [2.75, 3.05) is 13.2 Å². The second-order valence-corrected chi connectivity index (χ2v) is 8.62. The lowest BCUT2D eigenvalue weighted by Gasteiger charge is -2.44. The molecule has 0 amide bonds. The Morgan fingerprint density at radius 1 is 1.33 bits per heavy atom. The van der Waals surface area contributed by atoms with E-state index in [1.54, 1.807) is 0 Å². The largest absolute Gasteiger partial charge is 0.396 e. The topological polar surface area (TPSA) is 47.9 Å². The molecule has 3 unspecified atom stereocenters. The van der Waals surface area contributed by atoms with Crippen molar-refractivity contribution < 1.29 is 19.0 Å². The molecule has 1 heterocycles. The summed E-state index contributed by atoms with van der Waals surface area (Å²) in [6.45, 7) is 9.47. The first-order valence-electron chi connectivity index (χ1n) is 8.66. The van der Waals surface area contributed by atoms with Gasteiger partial charge in [0.05, 0.1) is 6.61 Å². The van der Waals surface area contributed by atoms with Crippen molar-refractivity contribution >= 4 is 9.04 Å². The third-order valence-electron chi connectivity index (χ3n) is 4.12. The molecular formula is C16H34O4Si. The molecule has 0 bridgehead atoms. The zero-order chi connectivity index (χ0) is 15.7. The minimum atomic E-state index is -1.29. The summed E-state index contributed by atoms with van der Waals surface area (Å²) >= 11 is 0. The number of hydrogen-bond donors (Lipinski definition) is 1. The molecule has 0 aromatic heterocycles. The van der Waals surface area contributed by atoms with E-state index in [1.807, 2.05) is 0 Å². The van der Waals surface area contributed by atoms with Crippen molar-refractivity contribution in [3.05, 3.63) is 0 Å². The molecule has 126 valence electrons. The first kappa shape index (κ1) is 19.1. The zero-order valence-corrected chi connectivity index (χ0v) is 15.4. The summed E-state index contributed by atoms with van der Waals surface area (Å²) in [7, 11) is -1.29. The van der Waals surface area contributed by atoms with Crippen LogP contribution in [-0.2, 0) is 13.9 Å². The lowest BCUT2D eigenvalue weighted by atomic mass is 9.91. The second-order valence-electron chi connectivity index (χ2n) is 6.28. The van der Waals surface area contributed by atoms with Crippen molar-refractivity contribution in [2.45, 2.75) is 84.0 Å². The van der Waals surface area contributed by atoms with Crippen LogP contribution in [0.5, 0.6) is 0 Å². The normalized spacial score (nSPS) is 24.0. The highest BCUT2D eigenvalue weighted by molar-refractivity contribution is 6.48. The number of hydrogen-bond acceptors (Lipinski definition) is 4. The average molecular weight is 319 g/mol. The van der Waals surface area contributed by atoms with Crippen LogP contribution in [0.15, 0.2) is 0 Å². The SMILES string of the molecule is CCCCC(OC1CCCCO1)(O[SiH](C)C)C(CC)CO. The lowest BCUT2D eigenvalue weighted by Crippen LogP contribution is -2.50. The first-order valence-corrected chi connectivity index (χ1v) is 11.4. The van der Waals surface area contributed by atoms with Crippen LogP contribution in [0, 0.1) is 5.92 Å². The molecule has 0 spiro atoms. The third kappa shape index (κ3) is 5.98. The number of unbranched alkanes of at least 4 members (excludes halogenated alkanes) is 1. The van der Waals surface area contributed by atoms with Crippen LogP contribution in [0.4, 0.5) is 0 Å². The molecule has 1 aliphatic heterocycles. The van der Waals surface area contributed by atoms with Gasteiger partial charge in [-0.1, -0.05) is 20.3 Å². The van der Waals surface area contributed by atoms with Gasteiger partial charge in [0.1, 0.15) is 0 Å². The standard InChI is InChI=1S/C16H34O4Si/c1-5-7-11-16(20-21(3)4,14(6-2)13-17)19-15-10-8-9-12-18-15/h14-15,17,21H,5-13H2,1-4H3. The van der Waals surface area contributed by atoms with Crippen LogP contribution in [0.3, 0.4) is 0 Å². The maximum atomic E-state index is 9.82. The minimum absolute atomic E-state index is 0.0180. The predicted molar refractivity (Wildman–Crippen MR) is 87.8 cm³/mol. The van der Waals surface area contributed by atoms with Gasteiger partial charge in [-0.25, -0.2) is 0 Å². The smallest absolute Gasteiger partial charge is 0.174 e. The molecular weight excluding hydrogens is 284 g/mol. The zero-order valence-electron chi connectivity index (χ0n) is 14.3. The summed E-state index contributed by atoms with van der Waals surface area (Å²) in [6.07, 6.45) is 6.85. The van der Waals surface area contributed by atoms with E-state index in [4.69, 9.17) is 13.9 Å². The fourth-order valence-corrected chi connectivity index (χ4v) is 4.13. The number of rotatable bonds is 10. The quantitative estimate of drug-likeness (QED) is 0.495. The van der Waals surface area contributed by atoms with E-state index in [9.17, 15) is 5.11 Å². The van der Waals surface area contributed by atoms with Crippen LogP contribution >= 0.6 is 0 Å². The Morgan fingerprint density at radius 2 is 2.10 bits per heavy atom. The van der Waals surface area contributed by atoms with Gasteiger partial charge in [-0.05, 0) is 45.2 Å². The molecule has 1 fully saturated rings. The highest BCUT2D eigenvalue weighted by Gasteiger charge is 2.42. The van der Waals surface area contributed by atoms with Crippen molar-refractivity contribution in [1.29, 1.82) is 0 Å². The van der Waals surface area contributed by atoms with Gasteiger partial charge < -0.3 is 19.0 Å². The Hall–Kier alpha value is 0.0569. The fraction of sp³-hybridized carbons (Fsp3) is 1.00. The number of aliphatic hydroxyl groups excluding tert-OH is 1. The summed E-state index contributed by atoms with van der Waals surface area (Å²) in [5.41, 5.74) is 0. The van der Waals surface area contributed by atoms with Gasteiger partial charge in [0.25, 0.3) is 0 Å². The maximum Gasteiger partial charge on any atom is 0.174 e. The Balaban J connectivity index is 2.89. The monoisotopic (exact) mass is 318 g/mol. The Labute approximate surface area is 131 Å². The van der Waals surface area contributed by atoms with Crippen LogP contribution in [-0.4, -0.2) is 39.4 Å². The number of aliphatic hydroxyl groups is 1. The molecule has 0 aliphatic carbocycles. The van der Waals surface area contributed by atoms with E-state index in [0.717, 1.165) is 51.6 Å². The van der Waals surface area contributed by atoms with E-state index in [2.05, 4.69) is 26.9 Å². The van der Waals surface area contributed by atoms with E-state index in [1.165, 1.54) is 0 Å². The number of ether oxygens (including phenoxy) is 2. The third-order valence-corrected chi connectivity index (χ3v) is 4.99. The molecule has 1 rings (SSSR count). The van der Waals surface area contributed by atoms with E-state index in [-0.39, 0.29) is 18.8 Å². The molecule has 21 heavy (non-hydrogen) atoms. The van der Waals surface area contributed by atoms with Gasteiger partial charge in [0.2, 0.25) is 0 Å². The molecule has 0 saturated carbocycles. The summed E-state index contributed by atoms with van der Waals surface area (Å²) < 4.78 is 18.5. The Morgan fingerprint density at radius 3 is 2.57 bits per heavy atom. The molecule has 1 aliphatic rings. The van der Waals surface area contributed by atoms with Crippen molar-refractivity contribution in [2.24, 2.45) is 5.92 Å². The Bertz CT molecular complexity index is 265. The summed E-state index contributed by atoms with van der Waals surface area (Å²) in [6, 6.07) is 0. The molecule has 0 radical (unpaired) electrons. The predicted octanol–water partition coefficient (Wildman–Crippen LogP) is 3.43. The summed E-state index contributed by atoms with van der Waals surface area (Å²) in [5, 5.41) is 9.82. The van der Waals surface area contributed by atoms with Gasteiger partial charge in [0.15, 0.2) is 21.1 Å². The molecule has 4 nitrogen and oxygen atoms in total. The van der Waals surface area contributed by atoms with Crippen LogP contribution in [0.2, 0.25) is 13.1 Å². The molecule has 1 saturated heterocycles. The van der Waals surface area contributed by atoms with Gasteiger partial charge >= 0.3 is 0 Å². The summed E-state index contributed by atoms with van der Waals surface area (Å²) in [4.78, 5) is 0.